The lowest BCUT2D eigenvalue weighted by atomic mass is 10.1. The number of benzene rings is 1. The summed E-state index contributed by atoms with van der Waals surface area (Å²) >= 11 is 0. The van der Waals surface area contributed by atoms with Crippen molar-refractivity contribution >= 4 is 23.4 Å². The summed E-state index contributed by atoms with van der Waals surface area (Å²) < 4.78 is 0. The largest absolute Gasteiger partial charge is 0.508 e. The van der Waals surface area contributed by atoms with Gasteiger partial charge in [-0.15, -0.1) is 0 Å². The molecule has 7 nitrogen and oxygen atoms in total. The Morgan fingerprint density at radius 2 is 2.17 bits per heavy atom. The SMILES string of the molecule is O=C(Nc1ccc(O)cc1C(=O)O)C1=NCCN1. The van der Waals surface area contributed by atoms with E-state index in [1.807, 2.05) is 0 Å². The number of amides is 1. The molecule has 2 rings (SSSR count). The average molecular weight is 249 g/mol. The highest BCUT2D eigenvalue weighted by atomic mass is 16.4. The van der Waals surface area contributed by atoms with Gasteiger partial charge in [0.05, 0.1) is 17.8 Å². The van der Waals surface area contributed by atoms with Crippen molar-refractivity contribution in [3.8, 4) is 5.75 Å². The number of aromatic carboxylic acids is 1. The van der Waals surface area contributed by atoms with Gasteiger partial charge in [-0.1, -0.05) is 0 Å². The first-order valence-electron chi connectivity index (χ1n) is 5.24. The number of carboxylic acid groups (broad SMARTS) is 1. The summed E-state index contributed by atoms with van der Waals surface area (Å²) in [6, 6.07) is 3.69. The standard InChI is InChI=1S/C11H11N3O4/c15-6-1-2-8(7(5-6)11(17)18)14-10(16)9-12-3-4-13-9/h1-2,5,15H,3-4H2,(H,12,13)(H,14,16)(H,17,18). The van der Waals surface area contributed by atoms with E-state index >= 15 is 0 Å². The highest BCUT2D eigenvalue weighted by Gasteiger charge is 2.18. The topological polar surface area (TPSA) is 111 Å². The van der Waals surface area contributed by atoms with Crippen LogP contribution >= 0.6 is 0 Å². The van der Waals surface area contributed by atoms with Crippen LogP contribution in [0.15, 0.2) is 23.2 Å². The van der Waals surface area contributed by atoms with E-state index in [0.29, 0.717) is 13.1 Å². The fourth-order valence-corrected chi connectivity index (χ4v) is 1.55. The molecule has 0 saturated heterocycles. The van der Waals surface area contributed by atoms with E-state index in [-0.39, 0.29) is 22.8 Å². The number of hydrogen-bond donors (Lipinski definition) is 4. The molecule has 7 heteroatoms. The summed E-state index contributed by atoms with van der Waals surface area (Å²) in [6.07, 6.45) is 0. The Bertz CT molecular complexity index is 539. The van der Waals surface area contributed by atoms with Gasteiger partial charge >= 0.3 is 5.97 Å². The summed E-state index contributed by atoms with van der Waals surface area (Å²) in [6.45, 7) is 1.11. The van der Waals surface area contributed by atoms with Crippen LogP contribution in [0.5, 0.6) is 5.75 Å². The number of carboxylic acids is 1. The van der Waals surface area contributed by atoms with Gasteiger partial charge in [-0.25, -0.2) is 4.79 Å². The van der Waals surface area contributed by atoms with Gasteiger partial charge in [0.2, 0.25) is 0 Å². The Hall–Kier alpha value is -2.57. The molecule has 1 aromatic carbocycles. The van der Waals surface area contributed by atoms with Gasteiger partial charge in [-0.05, 0) is 18.2 Å². The van der Waals surface area contributed by atoms with Crippen LogP contribution in [-0.4, -0.2) is 41.0 Å². The summed E-state index contributed by atoms with van der Waals surface area (Å²) in [7, 11) is 0. The normalized spacial score (nSPS) is 13.7. The number of carbonyl (C=O) groups excluding carboxylic acids is 1. The number of nitrogens with zero attached hydrogens (tertiary/aromatic N) is 1. The number of phenolic OH excluding ortho intramolecular Hbond substituents is 1. The minimum atomic E-state index is -1.23. The zero-order valence-electron chi connectivity index (χ0n) is 9.30. The number of phenols is 1. The molecule has 18 heavy (non-hydrogen) atoms. The second-order valence-electron chi connectivity index (χ2n) is 3.65. The van der Waals surface area contributed by atoms with Gasteiger partial charge in [0.15, 0.2) is 5.84 Å². The summed E-state index contributed by atoms with van der Waals surface area (Å²) in [5.74, 6) is -1.73. The number of carbonyl (C=O) groups is 2. The first-order valence-corrected chi connectivity index (χ1v) is 5.24. The first-order chi connectivity index (χ1) is 8.58. The Balaban J connectivity index is 2.23. The predicted octanol–water partition coefficient (Wildman–Crippen LogP) is 0.0306. The van der Waals surface area contributed by atoms with Crippen molar-refractivity contribution in [2.75, 3.05) is 18.4 Å². The van der Waals surface area contributed by atoms with Crippen molar-refractivity contribution in [2.45, 2.75) is 0 Å². The van der Waals surface area contributed by atoms with Gasteiger partial charge in [0, 0.05) is 6.54 Å². The Morgan fingerprint density at radius 3 is 2.78 bits per heavy atom. The third-order valence-corrected chi connectivity index (χ3v) is 2.37. The molecule has 0 aliphatic carbocycles. The fourth-order valence-electron chi connectivity index (χ4n) is 1.55. The molecule has 0 atom stereocenters. The third kappa shape index (κ3) is 2.40. The highest BCUT2D eigenvalue weighted by Crippen LogP contribution is 2.21. The van der Waals surface area contributed by atoms with Gasteiger partial charge in [0.1, 0.15) is 5.75 Å². The minimum absolute atomic E-state index is 0.113. The number of amidine groups is 1. The molecule has 0 saturated carbocycles. The quantitative estimate of drug-likeness (QED) is 0.565. The number of anilines is 1. The number of rotatable bonds is 3. The molecule has 0 fully saturated rings. The maximum Gasteiger partial charge on any atom is 0.337 e. The molecule has 1 amide bonds. The Labute approximate surface area is 102 Å². The first kappa shape index (κ1) is 11.9. The van der Waals surface area contributed by atoms with Crippen LogP contribution in [0.25, 0.3) is 0 Å². The second-order valence-corrected chi connectivity index (χ2v) is 3.65. The van der Waals surface area contributed by atoms with E-state index in [4.69, 9.17) is 5.11 Å². The van der Waals surface area contributed by atoms with Crippen LogP contribution in [0.4, 0.5) is 5.69 Å². The molecule has 1 aliphatic rings. The summed E-state index contributed by atoms with van der Waals surface area (Å²) in [4.78, 5) is 26.6. The molecule has 1 heterocycles. The minimum Gasteiger partial charge on any atom is -0.508 e. The van der Waals surface area contributed by atoms with Crippen LogP contribution in [0, 0.1) is 0 Å². The lowest BCUT2D eigenvalue weighted by Gasteiger charge is -2.08. The fraction of sp³-hybridized carbons (Fsp3) is 0.182. The molecule has 1 aliphatic heterocycles. The molecule has 0 bridgehead atoms. The molecule has 1 aromatic rings. The van der Waals surface area contributed by atoms with Crippen molar-refractivity contribution < 1.29 is 19.8 Å². The summed E-state index contributed by atoms with van der Waals surface area (Å²) in [5, 5.41) is 23.4. The molecule has 0 unspecified atom stereocenters. The van der Waals surface area contributed by atoms with Crippen molar-refractivity contribution in [3.05, 3.63) is 23.8 Å². The van der Waals surface area contributed by atoms with E-state index < -0.39 is 11.9 Å². The van der Waals surface area contributed by atoms with Crippen LogP contribution in [0.1, 0.15) is 10.4 Å². The maximum atomic E-state index is 11.7. The van der Waals surface area contributed by atoms with Gasteiger partial charge < -0.3 is 20.8 Å². The molecular formula is C11H11N3O4. The molecule has 0 aromatic heterocycles. The van der Waals surface area contributed by atoms with E-state index in [0.717, 1.165) is 6.07 Å². The lowest BCUT2D eigenvalue weighted by Crippen LogP contribution is -2.32. The van der Waals surface area contributed by atoms with Gasteiger partial charge in [-0.2, -0.15) is 0 Å². The zero-order chi connectivity index (χ0) is 13.1. The second kappa shape index (κ2) is 4.74. The molecule has 0 radical (unpaired) electrons. The number of nitrogens with one attached hydrogen (secondary N) is 2. The molecular weight excluding hydrogens is 238 g/mol. The van der Waals surface area contributed by atoms with Crippen molar-refractivity contribution in [2.24, 2.45) is 4.99 Å². The van der Waals surface area contributed by atoms with Crippen LogP contribution in [0.3, 0.4) is 0 Å². The van der Waals surface area contributed by atoms with E-state index in [1.54, 1.807) is 0 Å². The van der Waals surface area contributed by atoms with E-state index in [9.17, 15) is 14.7 Å². The van der Waals surface area contributed by atoms with Crippen LogP contribution in [-0.2, 0) is 4.79 Å². The average Bonchev–Trinajstić information content (AvgIpc) is 2.84. The van der Waals surface area contributed by atoms with Crippen molar-refractivity contribution in [1.82, 2.24) is 5.32 Å². The van der Waals surface area contributed by atoms with E-state index in [2.05, 4.69) is 15.6 Å². The van der Waals surface area contributed by atoms with Gasteiger partial charge in [-0.3, -0.25) is 9.79 Å². The molecule has 0 spiro atoms. The third-order valence-electron chi connectivity index (χ3n) is 2.37. The van der Waals surface area contributed by atoms with Gasteiger partial charge in [0.25, 0.3) is 5.91 Å². The van der Waals surface area contributed by atoms with Crippen molar-refractivity contribution in [3.63, 3.8) is 0 Å². The zero-order valence-corrected chi connectivity index (χ0v) is 9.30. The number of aromatic hydroxyl groups is 1. The van der Waals surface area contributed by atoms with Crippen LogP contribution in [0.2, 0.25) is 0 Å². The highest BCUT2D eigenvalue weighted by molar-refractivity contribution is 6.42. The lowest BCUT2D eigenvalue weighted by molar-refractivity contribution is -0.110. The Morgan fingerprint density at radius 1 is 1.39 bits per heavy atom. The number of hydrogen-bond acceptors (Lipinski definition) is 5. The summed E-state index contributed by atoms with van der Waals surface area (Å²) in [5.41, 5.74) is -0.0661. The predicted molar refractivity (Wildman–Crippen MR) is 64.0 cm³/mol. The molecule has 94 valence electrons. The van der Waals surface area contributed by atoms with E-state index in [1.165, 1.54) is 12.1 Å². The Kier molecular flexibility index (Phi) is 3.13. The molecule has 4 N–H and O–H groups in total. The van der Waals surface area contributed by atoms with Crippen molar-refractivity contribution in [1.29, 1.82) is 0 Å². The monoisotopic (exact) mass is 249 g/mol. The maximum absolute atomic E-state index is 11.7. The number of aliphatic imine (C=N–C) groups is 1. The smallest absolute Gasteiger partial charge is 0.337 e. The van der Waals surface area contributed by atoms with Crippen LogP contribution < -0.4 is 10.6 Å².